The van der Waals surface area contributed by atoms with E-state index in [0.29, 0.717) is 0 Å². The Morgan fingerprint density at radius 2 is 2.10 bits per heavy atom. The van der Waals surface area contributed by atoms with Gasteiger partial charge in [0.1, 0.15) is 6.33 Å². The molecule has 1 aromatic carbocycles. The monoisotopic (exact) mass is 280 g/mol. The largest absolute Gasteiger partial charge is 0.381 e. The van der Waals surface area contributed by atoms with Crippen molar-refractivity contribution in [3.63, 3.8) is 0 Å². The summed E-state index contributed by atoms with van der Waals surface area (Å²) < 4.78 is 1.64. The quantitative estimate of drug-likeness (QED) is 0.794. The van der Waals surface area contributed by atoms with Gasteiger partial charge in [-0.25, -0.2) is 4.68 Å². The Balaban J connectivity index is 1.82. The van der Waals surface area contributed by atoms with Gasteiger partial charge in [0, 0.05) is 24.1 Å². The second kappa shape index (κ2) is 5.70. The van der Waals surface area contributed by atoms with Crippen LogP contribution in [-0.2, 0) is 6.54 Å². The highest BCUT2D eigenvalue weighted by Crippen LogP contribution is 2.20. The van der Waals surface area contributed by atoms with Crippen LogP contribution in [0.2, 0.25) is 0 Å². The van der Waals surface area contributed by atoms with Crippen molar-refractivity contribution in [1.29, 1.82) is 0 Å². The van der Waals surface area contributed by atoms with Gasteiger partial charge in [0.15, 0.2) is 0 Å². The predicted octanol–water partition coefficient (Wildman–Crippen LogP) is 2.29. The average molecular weight is 280 g/mol. The minimum atomic E-state index is 0.736. The molecule has 3 rings (SSSR count). The third kappa shape index (κ3) is 2.89. The molecule has 0 amide bonds. The highest BCUT2D eigenvalue weighted by molar-refractivity contribution is 5.56. The van der Waals surface area contributed by atoms with Crippen molar-refractivity contribution < 1.29 is 0 Å². The van der Waals surface area contributed by atoms with E-state index in [1.807, 2.05) is 31.3 Å². The zero-order chi connectivity index (χ0) is 14.7. The number of anilines is 1. The summed E-state index contributed by atoms with van der Waals surface area (Å²) in [6.07, 6.45) is 3.39. The fourth-order valence-electron chi connectivity index (χ4n) is 2.12. The average Bonchev–Trinajstić information content (AvgIpc) is 3.02. The first-order valence-electron chi connectivity index (χ1n) is 6.72. The fraction of sp³-hybridized carbons (Fsp3) is 0.200. The summed E-state index contributed by atoms with van der Waals surface area (Å²) in [6, 6.07) is 10.1. The second-order valence-electron chi connectivity index (χ2n) is 4.86. The molecule has 0 spiro atoms. The maximum absolute atomic E-state index is 4.30. The van der Waals surface area contributed by atoms with E-state index in [0.717, 1.165) is 23.6 Å². The number of hydrogen-bond donors (Lipinski definition) is 1. The van der Waals surface area contributed by atoms with Crippen molar-refractivity contribution in [2.75, 3.05) is 5.32 Å². The SMILES string of the molecule is Cc1ccc(-n2cnnn2)cc1NCc1cccnc1C. The normalized spacial score (nSPS) is 10.6. The van der Waals surface area contributed by atoms with E-state index in [1.165, 1.54) is 11.1 Å². The smallest absolute Gasteiger partial charge is 0.143 e. The van der Waals surface area contributed by atoms with E-state index >= 15 is 0 Å². The lowest BCUT2D eigenvalue weighted by Crippen LogP contribution is -2.05. The van der Waals surface area contributed by atoms with Gasteiger partial charge in [-0.05, 0) is 53.6 Å². The number of aryl methyl sites for hydroxylation is 2. The lowest BCUT2D eigenvalue weighted by atomic mass is 10.1. The molecule has 3 aromatic rings. The molecule has 6 heteroatoms. The lowest BCUT2D eigenvalue weighted by molar-refractivity contribution is 0.789. The molecule has 21 heavy (non-hydrogen) atoms. The highest BCUT2D eigenvalue weighted by atomic mass is 15.5. The lowest BCUT2D eigenvalue weighted by Gasteiger charge is -2.12. The molecule has 2 heterocycles. The summed E-state index contributed by atoms with van der Waals surface area (Å²) in [5.74, 6) is 0. The van der Waals surface area contributed by atoms with Gasteiger partial charge in [0.25, 0.3) is 0 Å². The second-order valence-corrected chi connectivity index (χ2v) is 4.86. The molecule has 0 aliphatic carbocycles. The zero-order valence-corrected chi connectivity index (χ0v) is 12.0. The van der Waals surface area contributed by atoms with E-state index < -0.39 is 0 Å². The molecule has 1 N–H and O–H groups in total. The van der Waals surface area contributed by atoms with Crippen molar-refractivity contribution in [3.8, 4) is 5.69 Å². The molecule has 2 aromatic heterocycles. The van der Waals surface area contributed by atoms with Crippen molar-refractivity contribution in [3.05, 3.63) is 59.7 Å². The van der Waals surface area contributed by atoms with Gasteiger partial charge in [-0.15, -0.1) is 5.10 Å². The molecule has 0 aliphatic heterocycles. The predicted molar refractivity (Wildman–Crippen MR) is 80.2 cm³/mol. The molecule has 0 saturated heterocycles. The molecular formula is C15H16N6. The summed E-state index contributed by atoms with van der Waals surface area (Å²) in [7, 11) is 0. The topological polar surface area (TPSA) is 68.5 Å². The standard InChI is InChI=1S/C15H16N6/c1-11-5-6-14(21-10-18-19-20-21)8-15(11)17-9-13-4-3-7-16-12(13)2/h3-8,10,17H,9H2,1-2H3. The Morgan fingerprint density at radius 1 is 1.19 bits per heavy atom. The van der Waals surface area contributed by atoms with Crippen LogP contribution < -0.4 is 5.32 Å². The molecule has 6 nitrogen and oxygen atoms in total. The zero-order valence-electron chi connectivity index (χ0n) is 12.0. The molecule has 0 unspecified atom stereocenters. The molecule has 0 fully saturated rings. The number of pyridine rings is 1. The van der Waals surface area contributed by atoms with Crippen LogP contribution in [0.15, 0.2) is 42.9 Å². The summed E-state index contributed by atoms with van der Waals surface area (Å²) >= 11 is 0. The molecule has 106 valence electrons. The van der Waals surface area contributed by atoms with Crippen LogP contribution in [0.1, 0.15) is 16.8 Å². The first-order chi connectivity index (χ1) is 10.2. The van der Waals surface area contributed by atoms with Crippen molar-refractivity contribution >= 4 is 5.69 Å². The van der Waals surface area contributed by atoms with Crippen molar-refractivity contribution in [2.24, 2.45) is 0 Å². The van der Waals surface area contributed by atoms with Gasteiger partial charge < -0.3 is 5.32 Å². The van der Waals surface area contributed by atoms with E-state index in [-0.39, 0.29) is 0 Å². The first kappa shape index (κ1) is 13.2. The molecule has 0 bridgehead atoms. The minimum Gasteiger partial charge on any atom is -0.381 e. The van der Waals surface area contributed by atoms with Gasteiger partial charge in [-0.1, -0.05) is 12.1 Å². The van der Waals surface area contributed by atoms with Crippen molar-refractivity contribution in [2.45, 2.75) is 20.4 Å². The fourth-order valence-corrected chi connectivity index (χ4v) is 2.12. The summed E-state index contributed by atoms with van der Waals surface area (Å²) in [4.78, 5) is 4.30. The van der Waals surface area contributed by atoms with Gasteiger partial charge in [0.2, 0.25) is 0 Å². The Labute approximate surface area is 122 Å². The van der Waals surface area contributed by atoms with Crippen LogP contribution >= 0.6 is 0 Å². The Hall–Kier alpha value is -2.76. The number of benzene rings is 1. The minimum absolute atomic E-state index is 0.736. The van der Waals surface area contributed by atoms with Crippen LogP contribution in [0.4, 0.5) is 5.69 Å². The number of rotatable bonds is 4. The molecule has 0 atom stereocenters. The Morgan fingerprint density at radius 3 is 2.86 bits per heavy atom. The Kier molecular flexibility index (Phi) is 3.59. The maximum Gasteiger partial charge on any atom is 0.143 e. The van der Waals surface area contributed by atoms with E-state index in [1.54, 1.807) is 11.0 Å². The molecular weight excluding hydrogens is 264 g/mol. The van der Waals surface area contributed by atoms with Crippen LogP contribution in [0.5, 0.6) is 0 Å². The summed E-state index contributed by atoms with van der Waals surface area (Å²) in [6.45, 7) is 4.82. The maximum atomic E-state index is 4.30. The molecule has 0 aliphatic rings. The number of tetrazole rings is 1. The summed E-state index contributed by atoms with van der Waals surface area (Å²) in [5.41, 5.74) is 5.39. The third-order valence-electron chi connectivity index (χ3n) is 3.42. The van der Waals surface area contributed by atoms with Crippen LogP contribution in [-0.4, -0.2) is 25.2 Å². The number of nitrogens with one attached hydrogen (secondary N) is 1. The number of aromatic nitrogens is 5. The van der Waals surface area contributed by atoms with Gasteiger partial charge >= 0.3 is 0 Å². The van der Waals surface area contributed by atoms with E-state index in [9.17, 15) is 0 Å². The van der Waals surface area contributed by atoms with Gasteiger partial charge in [-0.2, -0.15) is 0 Å². The first-order valence-corrected chi connectivity index (χ1v) is 6.72. The third-order valence-corrected chi connectivity index (χ3v) is 3.42. The summed E-state index contributed by atoms with van der Waals surface area (Å²) in [5, 5.41) is 14.7. The van der Waals surface area contributed by atoms with Gasteiger partial charge in [-0.3, -0.25) is 4.98 Å². The Bertz CT molecular complexity index is 736. The number of hydrogen-bond acceptors (Lipinski definition) is 5. The van der Waals surface area contributed by atoms with Gasteiger partial charge in [0.05, 0.1) is 5.69 Å². The van der Waals surface area contributed by atoms with E-state index in [2.05, 4.69) is 44.9 Å². The number of nitrogens with zero attached hydrogens (tertiary/aromatic N) is 5. The van der Waals surface area contributed by atoms with E-state index in [4.69, 9.17) is 0 Å². The van der Waals surface area contributed by atoms with Crippen molar-refractivity contribution in [1.82, 2.24) is 25.2 Å². The van der Waals surface area contributed by atoms with Crippen LogP contribution in [0.25, 0.3) is 5.69 Å². The van der Waals surface area contributed by atoms with Crippen LogP contribution in [0, 0.1) is 13.8 Å². The van der Waals surface area contributed by atoms with Crippen LogP contribution in [0.3, 0.4) is 0 Å². The highest BCUT2D eigenvalue weighted by Gasteiger charge is 2.04. The molecule has 0 saturated carbocycles. The molecule has 0 radical (unpaired) electrons.